The van der Waals surface area contributed by atoms with Crippen molar-refractivity contribution in [3.05, 3.63) is 34.1 Å². The van der Waals surface area contributed by atoms with E-state index >= 15 is 0 Å². The molecule has 0 fully saturated rings. The maximum Gasteiger partial charge on any atom is 0.295 e. The number of nitro benzene ring substituents is 1. The largest absolute Gasteiger partial charge is 0.379 e. The van der Waals surface area contributed by atoms with Crippen molar-refractivity contribution < 1.29 is 9.31 Å². The monoisotopic (exact) mass is 240 g/mol. The van der Waals surface area contributed by atoms with E-state index in [2.05, 4.69) is 26.1 Å². The number of halogens is 1. The van der Waals surface area contributed by atoms with Crippen LogP contribution in [0.4, 0.5) is 15.8 Å². The molecule has 1 unspecified atom stereocenters. The molecule has 1 atom stereocenters. The number of benzene rings is 1. The van der Waals surface area contributed by atoms with Crippen molar-refractivity contribution in [2.45, 2.75) is 20.8 Å². The Morgan fingerprint density at radius 2 is 2.06 bits per heavy atom. The van der Waals surface area contributed by atoms with Gasteiger partial charge in [-0.15, -0.1) is 0 Å². The van der Waals surface area contributed by atoms with E-state index in [0.29, 0.717) is 24.1 Å². The molecule has 94 valence electrons. The molecule has 4 nitrogen and oxygen atoms in total. The van der Waals surface area contributed by atoms with Gasteiger partial charge in [0.25, 0.3) is 5.69 Å². The lowest BCUT2D eigenvalue weighted by molar-refractivity contribution is -0.384. The average molecular weight is 240 g/mol. The second-order valence-corrected chi connectivity index (χ2v) is 4.52. The van der Waals surface area contributed by atoms with Gasteiger partial charge in [-0.2, -0.15) is 0 Å². The summed E-state index contributed by atoms with van der Waals surface area (Å²) in [5, 5.41) is 13.7. The van der Waals surface area contributed by atoms with E-state index in [0.717, 1.165) is 6.07 Å². The van der Waals surface area contributed by atoms with Crippen molar-refractivity contribution in [2.75, 3.05) is 11.9 Å². The smallest absolute Gasteiger partial charge is 0.295 e. The topological polar surface area (TPSA) is 55.2 Å². The third kappa shape index (κ3) is 3.69. The fraction of sp³-hybridized carbons (Fsp3) is 0.500. The van der Waals surface area contributed by atoms with Crippen LogP contribution in [-0.4, -0.2) is 11.5 Å². The Bertz CT molecular complexity index is 407. The molecule has 0 bridgehead atoms. The normalized spacial score (nSPS) is 12.5. The molecule has 5 heteroatoms. The fourth-order valence-electron chi connectivity index (χ4n) is 1.31. The van der Waals surface area contributed by atoms with Crippen molar-refractivity contribution in [3.63, 3.8) is 0 Å². The standard InChI is InChI=1S/C12H17FN2O2/c1-8(2)9(3)7-14-11-5-4-10(13)6-12(11)15(16)17/h4-6,8-9,14H,7H2,1-3H3. The summed E-state index contributed by atoms with van der Waals surface area (Å²) < 4.78 is 12.9. The van der Waals surface area contributed by atoms with E-state index < -0.39 is 10.7 Å². The average Bonchev–Trinajstić information content (AvgIpc) is 2.26. The number of hydrogen-bond acceptors (Lipinski definition) is 3. The molecule has 1 rings (SSSR count). The van der Waals surface area contributed by atoms with Gasteiger partial charge >= 0.3 is 0 Å². The lowest BCUT2D eigenvalue weighted by atomic mass is 9.98. The van der Waals surface area contributed by atoms with Gasteiger partial charge < -0.3 is 5.32 Å². The lowest BCUT2D eigenvalue weighted by Gasteiger charge is -2.16. The molecule has 0 aromatic heterocycles. The highest BCUT2D eigenvalue weighted by Crippen LogP contribution is 2.25. The first kappa shape index (κ1) is 13.4. The molecule has 0 aliphatic heterocycles. The van der Waals surface area contributed by atoms with E-state index in [1.807, 2.05) is 0 Å². The second kappa shape index (κ2) is 5.61. The summed E-state index contributed by atoms with van der Waals surface area (Å²) in [7, 11) is 0. The predicted octanol–water partition coefficient (Wildman–Crippen LogP) is 3.44. The first-order chi connectivity index (χ1) is 7.91. The summed E-state index contributed by atoms with van der Waals surface area (Å²) in [6, 6.07) is 3.55. The quantitative estimate of drug-likeness (QED) is 0.633. The summed E-state index contributed by atoms with van der Waals surface area (Å²) in [5.41, 5.74) is 0.143. The minimum atomic E-state index is -0.598. The predicted molar refractivity (Wildman–Crippen MR) is 65.5 cm³/mol. The van der Waals surface area contributed by atoms with Gasteiger partial charge in [-0.05, 0) is 24.0 Å². The Kier molecular flexibility index (Phi) is 4.43. The van der Waals surface area contributed by atoms with Gasteiger partial charge in [-0.3, -0.25) is 10.1 Å². The SMILES string of the molecule is CC(C)C(C)CNc1ccc(F)cc1[N+](=O)[O-]. The highest BCUT2D eigenvalue weighted by molar-refractivity contribution is 5.61. The summed E-state index contributed by atoms with van der Waals surface area (Å²) >= 11 is 0. The molecule has 0 saturated carbocycles. The molecule has 0 amide bonds. The van der Waals surface area contributed by atoms with Crippen molar-refractivity contribution in [1.82, 2.24) is 0 Å². The number of nitro groups is 1. The van der Waals surface area contributed by atoms with Crippen LogP contribution in [0.2, 0.25) is 0 Å². The van der Waals surface area contributed by atoms with Crippen LogP contribution < -0.4 is 5.32 Å². The van der Waals surface area contributed by atoms with Crippen LogP contribution in [0.1, 0.15) is 20.8 Å². The summed E-state index contributed by atoms with van der Waals surface area (Å²) in [6.45, 7) is 6.87. The number of nitrogens with one attached hydrogen (secondary N) is 1. The third-order valence-corrected chi connectivity index (χ3v) is 2.91. The first-order valence-corrected chi connectivity index (χ1v) is 5.59. The Balaban J connectivity index is 2.80. The highest BCUT2D eigenvalue weighted by atomic mass is 19.1. The van der Waals surface area contributed by atoms with Crippen LogP contribution in [0.5, 0.6) is 0 Å². The van der Waals surface area contributed by atoms with Crippen molar-refractivity contribution in [3.8, 4) is 0 Å². The number of nitrogens with zero attached hydrogens (tertiary/aromatic N) is 1. The third-order valence-electron chi connectivity index (χ3n) is 2.91. The molecule has 0 spiro atoms. The number of hydrogen-bond donors (Lipinski definition) is 1. The molecular formula is C12H17FN2O2. The van der Waals surface area contributed by atoms with Crippen LogP contribution in [0.25, 0.3) is 0 Å². The Labute approximate surface area is 100.0 Å². The highest BCUT2D eigenvalue weighted by Gasteiger charge is 2.15. The van der Waals surface area contributed by atoms with Gasteiger partial charge in [0.05, 0.1) is 11.0 Å². The van der Waals surface area contributed by atoms with Gasteiger partial charge in [0, 0.05) is 6.54 Å². The van der Waals surface area contributed by atoms with Crippen LogP contribution in [0.3, 0.4) is 0 Å². The van der Waals surface area contributed by atoms with Crippen LogP contribution in [-0.2, 0) is 0 Å². The Morgan fingerprint density at radius 1 is 1.41 bits per heavy atom. The molecule has 0 aliphatic carbocycles. The number of anilines is 1. The second-order valence-electron chi connectivity index (χ2n) is 4.52. The molecule has 0 aliphatic rings. The van der Waals surface area contributed by atoms with E-state index in [4.69, 9.17) is 0 Å². The molecule has 1 N–H and O–H groups in total. The molecular weight excluding hydrogens is 223 g/mol. The Morgan fingerprint density at radius 3 is 2.59 bits per heavy atom. The van der Waals surface area contributed by atoms with Crippen molar-refractivity contribution in [2.24, 2.45) is 11.8 Å². The zero-order valence-corrected chi connectivity index (χ0v) is 10.2. The van der Waals surface area contributed by atoms with Crippen LogP contribution in [0.15, 0.2) is 18.2 Å². The lowest BCUT2D eigenvalue weighted by Crippen LogP contribution is -2.16. The van der Waals surface area contributed by atoms with Gasteiger partial charge in [0.2, 0.25) is 0 Å². The van der Waals surface area contributed by atoms with Gasteiger partial charge in [-0.25, -0.2) is 4.39 Å². The van der Waals surface area contributed by atoms with E-state index in [1.165, 1.54) is 12.1 Å². The minimum Gasteiger partial charge on any atom is -0.379 e. The summed E-state index contributed by atoms with van der Waals surface area (Å²) in [5.74, 6) is 0.279. The zero-order chi connectivity index (χ0) is 13.0. The first-order valence-electron chi connectivity index (χ1n) is 5.59. The maximum absolute atomic E-state index is 12.9. The zero-order valence-electron chi connectivity index (χ0n) is 10.2. The number of rotatable bonds is 5. The molecule has 17 heavy (non-hydrogen) atoms. The summed E-state index contributed by atoms with van der Waals surface area (Å²) in [4.78, 5) is 10.2. The fourth-order valence-corrected chi connectivity index (χ4v) is 1.31. The van der Waals surface area contributed by atoms with Gasteiger partial charge in [0.15, 0.2) is 0 Å². The van der Waals surface area contributed by atoms with Crippen molar-refractivity contribution in [1.29, 1.82) is 0 Å². The molecule has 1 aromatic rings. The molecule has 0 radical (unpaired) electrons. The molecule has 1 aromatic carbocycles. The minimum absolute atomic E-state index is 0.221. The van der Waals surface area contributed by atoms with Gasteiger partial charge in [-0.1, -0.05) is 20.8 Å². The molecule has 0 saturated heterocycles. The maximum atomic E-state index is 12.9. The van der Waals surface area contributed by atoms with E-state index in [-0.39, 0.29) is 5.69 Å². The van der Waals surface area contributed by atoms with E-state index in [1.54, 1.807) is 0 Å². The summed E-state index contributed by atoms with van der Waals surface area (Å²) in [6.07, 6.45) is 0. The van der Waals surface area contributed by atoms with E-state index in [9.17, 15) is 14.5 Å². The van der Waals surface area contributed by atoms with Gasteiger partial charge in [0.1, 0.15) is 11.5 Å². The van der Waals surface area contributed by atoms with Crippen LogP contribution >= 0.6 is 0 Å². The van der Waals surface area contributed by atoms with Crippen molar-refractivity contribution >= 4 is 11.4 Å². The Hall–Kier alpha value is -1.65. The van der Waals surface area contributed by atoms with Crippen LogP contribution in [0, 0.1) is 27.8 Å². The molecule has 0 heterocycles.